The fourth-order valence-corrected chi connectivity index (χ4v) is 2.10. The number of aliphatic hydroxyl groups is 1. The molecule has 0 aliphatic heterocycles. The Hall–Kier alpha value is -2.33. The molecular weight excluding hydrogens is 280 g/mol. The Labute approximate surface area is 130 Å². The van der Waals surface area contributed by atoms with Crippen molar-refractivity contribution in [2.75, 3.05) is 6.61 Å². The zero-order valence-corrected chi connectivity index (χ0v) is 12.8. The van der Waals surface area contributed by atoms with Gasteiger partial charge in [-0.15, -0.1) is 0 Å². The molecule has 1 atom stereocenters. The minimum absolute atomic E-state index is 0.0836. The van der Waals surface area contributed by atoms with Crippen LogP contribution in [0.15, 0.2) is 54.6 Å². The van der Waals surface area contributed by atoms with Crippen LogP contribution in [0.25, 0.3) is 0 Å². The van der Waals surface area contributed by atoms with Crippen LogP contribution in [-0.2, 0) is 15.1 Å². The lowest BCUT2D eigenvalue weighted by Gasteiger charge is -2.23. The van der Waals surface area contributed by atoms with E-state index in [0.29, 0.717) is 17.9 Å². The minimum atomic E-state index is -1.27. The predicted molar refractivity (Wildman–Crippen MR) is 83.8 cm³/mol. The number of esters is 1. The normalized spacial score (nSPS) is 13.2. The lowest BCUT2D eigenvalue weighted by atomic mass is 9.92. The van der Waals surface area contributed by atoms with Crippen LogP contribution in [0.1, 0.15) is 25.8 Å². The highest BCUT2D eigenvalue weighted by molar-refractivity contribution is 5.71. The Morgan fingerprint density at radius 3 is 2.23 bits per heavy atom. The van der Waals surface area contributed by atoms with Gasteiger partial charge in [-0.2, -0.15) is 0 Å². The van der Waals surface area contributed by atoms with Gasteiger partial charge in [0.05, 0.1) is 18.6 Å². The molecule has 2 aromatic carbocycles. The SMILES string of the molecule is CCOC(=O)CC(C)(O)c1ccc(Oc2ccccc2)cc1. The van der Waals surface area contributed by atoms with Crippen molar-refractivity contribution in [3.05, 3.63) is 60.2 Å². The topological polar surface area (TPSA) is 55.8 Å². The summed E-state index contributed by atoms with van der Waals surface area (Å²) in [4.78, 5) is 11.5. The lowest BCUT2D eigenvalue weighted by Crippen LogP contribution is -2.26. The number of benzene rings is 2. The largest absolute Gasteiger partial charge is 0.466 e. The molecule has 0 saturated carbocycles. The molecule has 0 aliphatic carbocycles. The second-order valence-corrected chi connectivity index (χ2v) is 5.20. The molecule has 0 spiro atoms. The maximum Gasteiger partial charge on any atom is 0.309 e. The van der Waals surface area contributed by atoms with Gasteiger partial charge in [0.1, 0.15) is 11.5 Å². The molecule has 1 unspecified atom stereocenters. The van der Waals surface area contributed by atoms with Crippen LogP contribution >= 0.6 is 0 Å². The number of hydrogen-bond acceptors (Lipinski definition) is 4. The first kappa shape index (κ1) is 16.0. The molecular formula is C18H20O4. The number of rotatable bonds is 6. The summed E-state index contributed by atoms with van der Waals surface area (Å²) in [7, 11) is 0. The van der Waals surface area contributed by atoms with Crippen molar-refractivity contribution in [3.8, 4) is 11.5 Å². The molecule has 0 fully saturated rings. The Kier molecular flexibility index (Phi) is 5.17. The van der Waals surface area contributed by atoms with Gasteiger partial charge in [-0.3, -0.25) is 4.79 Å². The number of carbonyl (C=O) groups is 1. The molecule has 0 saturated heterocycles. The average molecular weight is 300 g/mol. The summed E-state index contributed by atoms with van der Waals surface area (Å²) >= 11 is 0. The van der Waals surface area contributed by atoms with Gasteiger partial charge in [0.25, 0.3) is 0 Å². The van der Waals surface area contributed by atoms with E-state index in [-0.39, 0.29) is 6.42 Å². The standard InChI is InChI=1S/C18H20O4/c1-3-21-17(19)13-18(2,20)14-9-11-16(12-10-14)22-15-7-5-4-6-8-15/h4-12,20H,3,13H2,1-2H3. The van der Waals surface area contributed by atoms with E-state index in [4.69, 9.17) is 9.47 Å². The highest BCUT2D eigenvalue weighted by Crippen LogP contribution is 2.28. The zero-order chi connectivity index (χ0) is 16.0. The van der Waals surface area contributed by atoms with E-state index >= 15 is 0 Å². The third-order valence-electron chi connectivity index (χ3n) is 3.25. The molecule has 0 aliphatic rings. The van der Waals surface area contributed by atoms with Crippen molar-refractivity contribution in [1.82, 2.24) is 0 Å². The number of para-hydroxylation sites is 1. The van der Waals surface area contributed by atoms with Crippen LogP contribution in [0.2, 0.25) is 0 Å². The Morgan fingerprint density at radius 1 is 1.05 bits per heavy atom. The van der Waals surface area contributed by atoms with Gasteiger partial charge in [0.2, 0.25) is 0 Å². The molecule has 4 heteroatoms. The second kappa shape index (κ2) is 7.09. The third-order valence-corrected chi connectivity index (χ3v) is 3.25. The van der Waals surface area contributed by atoms with E-state index in [1.807, 2.05) is 30.3 Å². The van der Waals surface area contributed by atoms with E-state index in [2.05, 4.69) is 0 Å². The summed E-state index contributed by atoms with van der Waals surface area (Å²) < 4.78 is 10.6. The summed E-state index contributed by atoms with van der Waals surface area (Å²) in [6.45, 7) is 3.64. The first-order chi connectivity index (χ1) is 10.5. The summed E-state index contributed by atoms with van der Waals surface area (Å²) in [6, 6.07) is 16.5. The van der Waals surface area contributed by atoms with Crippen molar-refractivity contribution in [2.45, 2.75) is 25.9 Å². The van der Waals surface area contributed by atoms with Crippen LogP contribution < -0.4 is 4.74 Å². The highest BCUT2D eigenvalue weighted by atomic mass is 16.5. The molecule has 0 bridgehead atoms. The molecule has 0 heterocycles. The van der Waals surface area contributed by atoms with Crippen LogP contribution in [0.5, 0.6) is 11.5 Å². The quantitative estimate of drug-likeness (QED) is 0.828. The molecule has 22 heavy (non-hydrogen) atoms. The summed E-state index contributed by atoms with van der Waals surface area (Å²) in [6.07, 6.45) is -0.0836. The van der Waals surface area contributed by atoms with Crippen molar-refractivity contribution in [3.63, 3.8) is 0 Å². The number of ether oxygens (including phenoxy) is 2. The predicted octanol–water partition coefficient (Wildman–Crippen LogP) is 3.64. The fraction of sp³-hybridized carbons (Fsp3) is 0.278. The molecule has 0 radical (unpaired) electrons. The van der Waals surface area contributed by atoms with E-state index in [9.17, 15) is 9.90 Å². The third kappa shape index (κ3) is 4.33. The monoisotopic (exact) mass is 300 g/mol. The molecule has 2 rings (SSSR count). The van der Waals surface area contributed by atoms with E-state index in [1.165, 1.54) is 0 Å². The lowest BCUT2D eigenvalue weighted by molar-refractivity contribution is -0.148. The first-order valence-electron chi connectivity index (χ1n) is 7.23. The minimum Gasteiger partial charge on any atom is -0.466 e. The van der Waals surface area contributed by atoms with Crippen LogP contribution in [-0.4, -0.2) is 17.7 Å². The first-order valence-corrected chi connectivity index (χ1v) is 7.23. The smallest absolute Gasteiger partial charge is 0.309 e. The molecule has 0 amide bonds. The summed E-state index contributed by atoms with van der Waals surface area (Å²) in [5, 5.41) is 10.4. The fourth-order valence-electron chi connectivity index (χ4n) is 2.10. The molecule has 2 aromatic rings. The van der Waals surface area contributed by atoms with Crippen molar-refractivity contribution < 1.29 is 19.4 Å². The maximum absolute atomic E-state index is 11.5. The average Bonchev–Trinajstić information content (AvgIpc) is 2.48. The number of hydrogen-bond donors (Lipinski definition) is 1. The van der Waals surface area contributed by atoms with E-state index < -0.39 is 11.6 Å². The highest BCUT2D eigenvalue weighted by Gasteiger charge is 2.27. The van der Waals surface area contributed by atoms with Crippen LogP contribution in [0.3, 0.4) is 0 Å². The van der Waals surface area contributed by atoms with Crippen LogP contribution in [0, 0.1) is 0 Å². The number of carbonyl (C=O) groups excluding carboxylic acids is 1. The molecule has 116 valence electrons. The van der Waals surface area contributed by atoms with E-state index in [0.717, 1.165) is 5.75 Å². The van der Waals surface area contributed by atoms with Gasteiger partial charge in [0.15, 0.2) is 0 Å². The summed E-state index contributed by atoms with van der Waals surface area (Å²) in [5.74, 6) is 0.993. The van der Waals surface area contributed by atoms with Gasteiger partial charge in [0, 0.05) is 0 Å². The molecule has 1 N–H and O–H groups in total. The van der Waals surface area contributed by atoms with Gasteiger partial charge < -0.3 is 14.6 Å². The van der Waals surface area contributed by atoms with Crippen molar-refractivity contribution in [2.24, 2.45) is 0 Å². The van der Waals surface area contributed by atoms with Gasteiger partial charge in [-0.05, 0) is 43.7 Å². The molecule has 4 nitrogen and oxygen atoms in total. The Bertz CT molecular complexity index is 603. The second-order valence-electron chi connectivity index (χ2n) is 5.20. The van der Waals surface area contributed by atoms with Crippen molar-refractivity contribution in [1.29, 1.82) is 0 Å². The van der Waals surface area contributed by atoms with Crippen LogP contribution in [0.4, 0.5) is 0 Å². The van der Waals surface area contributed by atoms with Crippen molar-refractivity contribution >= 4 is 5.97 Å². The Balaban J connectivity index is 2.06. The molecule has 0 aromatic heterocycles. The Morgan fingerprint density at radius 2 is 1.64 bits per heavy atom. The van der Waals surface area contributed by atoms with E-state index in [1.54, 1.807) is 38.1 Å². The maximum atomic E-state index is 11.5. The summed E-state index contributed by atoms with van der Waals surface area (Å²) in [5.41, 5.74) is -0.627. The van der Waals surface area contributed by atoms with Gasteiger partial charge in [-0.25, -0.2) is 0 Å². The zero-order valence-electron chi connectivity index (χ0n) is 12.8. The van der Waals surface area contributed by atoms with Gasteiger partial charge >= 0.3 is 5.97 Å². The van der Waals surface area contributed by atoms with Gasteiger partial charge in [-0.1, -0.05) is 30.3 Å².